The SMILES string of the molecule is Cc1cc(C)cc(C(=O)N2CCCC(C(=O)NCc3ncc[nH]3)C2)c1. The third-order valence-corrected chi connectivity index (χ3v) is 4.53. The van der Waals surface area contributed by atoms with Crippen LogP contribution >= 0.6 is 0 Å². The zero-order chi connectivity index (χ0) is 17.8. The summed E-state index contributed by atoms with van der Waals surface area (Å²) in [4.78, 5) is 34.1. The summed E-state index contributed by atoms with van der Waals surface area (Å²) < 4.78 is 0. The Balaban J connectivity index is 1.62. The van der Waals surface area contributed by atoms with Gasteiger partial charge in [0.05, 0.1) is 12.5 Å². The summed E-state index contributed by atoms with van der Waals surface area (Å²) in [6, 6.07) is 5.88. The van der Waals surface area contributed by atoms with Gasteiger partial charge in [-0.1, -0.05) is 17.2 Å². The number of aryl methyl sites for hydroxylation is 2. The monoisotopic (exact) mass is 340 g/mol. The molecule has 1 aliphatic heterocycles. The molecule has 2 amide bonds. The molecule has 3 rings (SSSR count). The fraction of sp³-hybridized carbons (Fsp3) is 0.421. The van der Waals surface area contributed by atoms with Gasteiger partial charge >= 0.3 is 0 Å². The second kappa shape index (κ2) is 7.51. The van der Waals surface area contributed by atoms with Crippen molar-refractivity contribution in [2.24, 2.45) is 5.92 Å². The van der Waals surface area contributed by atoms with Crippen LogP contribution < -0.4 is 5.32 Å². The summed E-state index contributed by atoms with van der Waals surface area (Å²) in [5.74, 6) is 0.551. The summed E-state index contributed by atoms with van der Waals surface area (Å²) in [7, 11) is 0. The highest BCUT2D eigenvalue weighted by Gasteiger charge is 2.29. The van der Waals surface area contributed by atoms with E-state index in [1.807, 2.05) is 26.0 Å². The number of piperidine rings is 1. The minimum atomic E-state index is -0.168. The first-order valence-corrected chi connectivity index (χ1v) is 8.66. The van der Waals surface area contributed by atoms with Gasteiger partial charge in [0, 0.05) is 31.0 Å². The number of aromatic amines is 1. The Kier molecular flexibility index (Phi) is 5.16. The van der Waals surface area contributed by atoms with Crippen LogP contribution in [-0.4, -0.2) is 39.8 Å². The number of likely N-dealkylation sites (tertiary alicyclic amines) is 1. The van der Waals surface area contributed by atoms with Crippen molar-refractivity contribution in [3.63, 3.8) is 0 Å². The molecular weight excluding hydrogens is 316 g/mol. The largest absolute Gasteiger partial charge is 0.349 e. The minimum Gasteiger partial charge on any atom is -0.349 e. The number of benzene rings is 1. The van der Waals surface area contributed by atoms with Crippen molar-refractivity contribution in [2.75, 3.05) is 13.1 Å². The molecule has 0 saturated carbocycles. The van der Waals surface area contributed by atoms with Crippen LogP contribution in [0.5, 0.6) is 0 Å². The molecule has 1 fully saturated rings. The van der Waals surface area contributed by atoms with Gasteiger partial charge in [0.25, 0.3) is 5.91 Å². The van der Waals surface area contributed by atoms with Crippen LogP contribution in [0.15, 0.2) is 30.6 Å². The molecule has 0 radical (unpaired) electrons. The molecule has 1 aliphatic rings. The second-order valence-corrected chi connectivity index (χ2v) is 6.72. The number of carbonyl (C=O) groups excluding carboxylic acids is 2. The van der Waals surface area contributed by atoms with E-state index >= 15 is 0 Å². The average molecular weight is 340 g/mol. The number of H-pyrrole nitrogens is 1. The van der Waals surface area contributed by atoms with E-state index in [4.69, 9.17) is 0 Å². The molecule has 2 heterocycles. The number of nitrogens with one attached hydrogen (secondary N) is 2. The molecule has 1 aromatic heterocycles. The predicted molar refractivity (Wildman–Crippen MR) is 95.0 cm³/mol. The van der Waals surface area contributed by atoms with Crippen LogP contribution in [0.25, 0.3) is 0 Å². The third-order valence-electron chi connectivity index (χ3n) is 4.53. The van der Waals surface area contributed by atoms with Crippen LogP contribution in [0.4, 0.5) is 0 Å². The molecule has 1 saturated heterocycles. The molecule has 0 aliphatic carbocycles. The van der Waals surface area contributed by atoms with Gasteiger partial charge in [-0.2, -0.15) is 0 Å². The number of carbonyl (C=O) groups is 2. The van der Waals surface area contributed by atoms with Crippen molar-refractivity contribution in [3.05, 3.63) is 53.1 Å². The van der Waals surface area contributed by atoms with Crippen molar-refractivity contribution >= 4 is 11.8 Å². The van der Waals surface area contributed by atoms with Crippen LogP contribution in [0, 0.1) is 19.8 Å². The number of hydrogen-bond acceptors (Lipinski definition) is 3. The Hall–Kier alpha value is -2.63. The topological polar surface area (TPSA) is 78.1 Å². The Bertz CT molecular complexity index is 735. The van der Waals surface area contributed by atoms with E-state index in [1.54, 1.807) is 17.3 Å². The molecule has 2 N–H and O–H groups in total. The molecule has 0 spiro atoms. The van der Waals surface area contributed by atoms with E-state index in [0.717, 1.165) is 29.8 Å². The summed E-state index contributed by atoms with van der Waals surface area (Å²) >= 11 is 0. The third kappa shape index (κ3) is 4.26. The summed E-state index contributed by atoms with van der Waals surface area (Å²) in [5, 5.41) is 2.90. The zero-order valence-corrected chi connectivity index (χ0v) is 14.7. The van der Waals surface area contributed by atoms with E-state index in [-0.39, 0.29) is 17.7 Å². The number of hydrogen-bond donors (Lipinski definition) is 2. The first-order chi connectivity index (χ1) is 12.0. The molecule has 25 heavy (non-hydrogen) atoms. The smallest absolute Gasteiger partial charge is 0.253 e. The maximum Gasteiger partial charge on any atom is 0.253 e. The van der Waals surface area contributed by atoms with Gasteiger partial charge < -0.3 is 15.2 Å². The van der Waals surface area contributed by atoms with Crippen LogP contribution in [0.1, 0.15) is 40.2 Å². The lowest BCUT2D eigenvalue weighted by molar-refractivity contribution is -0.126. The number of nitrogens with zero attached hydrogens (tertiary/aromatic N) is 2. The van der Waals surface area contributed by atoms with Crippen LogP contribution in [0.3, 0.4) is 0 Å². The zero-order valence-electron chi connectivity index (χ0n) is 14.7. The van der Waals surface area contributed by atoms with E-state index < -0.39 is 0 Å². The summed E-state index contributed by atoms with van der Waals surface area (Å²) in [5.41, 5.74) is 2.86. The molecule has 1 unspecified atom stereocenters. The lowest BCUT2D eigenvalue weighted by Gasteiger charge is -2.32. The van der Waals surface area contributed by atoms with E-state index in [2.05, 4.69) is 21.4 Å². The van der Waals surface area contributed by atoms with Crippen LogP contribution in [0.2, 0.25) is 0 Å². The normalized spacial score (nSPS) is 17.4. The number of amides is 2. The fourth-order valence-electron chi connectivity index (χ4n) is 3.37. The molecule has 6 heteroatoms. The van der Waals surface area contributed by atoms with Gasteiger partial charge in [-0.15, -0.1) is 0 Å². The highest BCUT2D eigenvalue weighted by Crippen LogP contribution is 2.20. The Labute approximate surface area is 147 Å². The number of aromatic nitrogens is 2. The molecule has 2 aromatic rings. The average Bonchev–Trinajstić information content (AvgIpc) is 3.12. The van der Waals surface area contributed by atoms with Crippen molar-refractivity contribution in [2.45, 2.75) is 33.2 Å². The number of imidazole rings is 1. The molecule has 1 atom stereocenters. The van der Waals surface area contributed by atoms with Gasteiger partial charge in [0.2, 0.25) is 5.91 Å². The van der Waals surface area contributed by atoms with Crippen molar-refractivity contribution in [1.82, 2.24) is 20.2 Å². The molecule has 6 nitrogen and oxygen atoms in total. The van der Waals surface area contributed by atoms with Gasteiger partial charge in [0.15, 0.2) is 0 Å². The molecule has 0 bridgehead atoms. The molecule has 132 valence electrons. The highest BCUT2D eigenvalue weighted by molar-refractivity contribution is 5.95. The quantitative estimate of drug-likeness (QED) is 0.895. The fourth-order valence-corrected chi connectivity index (χ4v) is 3.37. The Morgan fingerprint density at radius 3 is 2.72 bits per heavy atom. The molecular formula is C19H24N4O2. The number of rotatable bonds is 4. The second-order valence-electron chi connectivity index (χ2n) is 6.72. The first-order valence-electron chi connectivity index (χ1n) is 8.66. The lowest BCUT2D eigenvalue weighted by Crippen LogP contribution is -2.45. The summed E-state index contributed by atoms with van der Waals surface area (Å²) in [6.45, 7) is 5.53. The van der Waals surface area contributed by atoms with Crippen molar-refractivity contribution < 1.29 is 9.59 Å². The van der Waals surface area contributed by atoms with Crippen molar-refractivity contribution in [1.29, 1.82) is 0 Å². The van der Waals surface area contributed by atoms with E-state index in [0.29, 0.717) is 25.2 Å². The minimum absolute atomic E-state index is 0.00957. The first kappa shape index (κ1) is 17.2. The van der Waals surface area contributed by atoms with Gasteiger partial charge in [-0.3, -0.25) is 9.59 Å². The summed E-state index contributed by atoms with van der Waals surface area (Å²) in [6.07, 6.45) is 5.04. The van der Waals surface area contributed by atoms with Gasteiger partial charge in [-0.05, 0) is 38.8 Å². The van der Waals surface area contributed by atoms with Gasteiger partial charge in [0.1, 0.15) is 5.82 Å². The Morgan fingerprint density at radius 2 is 2.04 bits per heavy atom. The van der Waals surface area contributed by atoms with Crippen molar-refractivity contribution in [3.8, 4) is 0 Å². The lowest BCUT2D eigenvalue weighted by atomic mass is 9.96. The predicted octanol–water partition coefficient (Wildman–Crippen LogP) is 2.20. The maximum atomic E-state index is 12.8. The van der Waals surface area contributed by atoms with Gasteiger partial charge in [-0.25, -0.2) is 4.98 Å². The Morgan fingerprint density at radius 1 is 1.28 bits per heavy atom. The molecule has 1 aromatic carbocycles. The van der Waals surface area contributed by atoms with E-state index in [1.165, 1.54) is 0 Å². The van der Waals surface area contributed by atoms with E-state index in [9.17, 15) is 9.59 Å². The maximum absolute atomic E-state index is 12.8. The van der Waals surface area contributed by atoms with Crippen LogP contribution in [-0.2, 0) is 11.3 Å². The standard InChI is InChI=1S/C19H24N4O2/c1-13-8-14(2)10-16(9-13)19(25)23-7-3-4-15(12-23)18(24)22-11-17-20-5-6-21-17/h5-6,8-10,15H,3-4,7,11-12H2,1-2H3,(H,20,21)(H,22,24). The highest BCUT2D eigenvalue weighted by atomic mass is 16.2.